The lowest BCUT2D eigenvalue weighted by molar-refractivity contribution is 1.30. The van der Waals surface area contributed by atoms with E-state index in [-0.39, 0.29) is 0 Å². The Hall–Kier alpha value is -8.20. The number of nitrogens with zero attached hydrogens (tertiary/aromatic N) is 2. The number of hydrogen-bond acceptors (Lipinski definition) is 2. The lowest BCUT2D eigenvalue weighted by atomic mass is 9.84. The minimum Gasteiger partial charge on any atom is -0.310 e. The maximum atomic E-state index is 2.43. The molecule has 12 aromatic carbocycles. The van der Waals surface area contributed by atoms with Gasteiger partial charge in [-0.15, -0.1) is 0 Å². The number of hydrogen-bond donors (Lipinski definition) is 0. The number of anilines is 6. The van der Waals surface area contributed by atoms with Gasteiger partial charge in [-0.3, -0.25) is 0 Å². The summed E-state index contributed by atoms with van der Waals surface area (Å²) < 4.78 is 0. The molecule has 2 heteroatoms. The highest BCUT2D eigenvalue weighted by Crippen LogP contribution is 2.52. The van der Waals surface area contributed by atoms with E-state index in [0.29, 0.717) is 0 Å². The van der Waals surface area contributed by atoms with Crippen LogP contribution >= 0.6 is 0 Å². The third kappa shape index (κ3) is 5.96. The summed E-state index contributed by atoms with van der Waals surface area (Å²) in [6.07, 6.45) is 0. The maximum absolute atomic E-state index is 2.43. The summed E-state index contributed by atoms with van der Waals surface area (Å²) >= 11 is 0. The Bertz CT molecular complexity index is 3250. The van der Waals surface area contributed by atoms with E-state index < -0.39 is 0 Å². The Morgan fingerprint density at radius 1 is 0.226 bits per heavy atom. The molecule has 0 fully saturated rings. The fourth-order valence-corrected chi connectivity index (χ4v) is 9.68. The second-order valence-electron chi connectivity index (χ2n) is 16.1. The summed E-state index contributed by atoms with van der Waals surface area (Å²) in [5.74, 6) is 0. The van der Waals surface area contributed by atoms with Crippen LogP contribution in [-0.2, 0) is 0 Å². The van der Waals surface area contributed by atoms with Gasteiger partial charge in [-0.25, -0.2) is 0 Å². The van der Waals surface area contributed by atoms with Crippen LogP contribution in [0.5, 0.6) is 0 Å². The third-order valence-electron chi connectivity index (χ3n) is 12.5. The normalized spacial score (nSPS) is 11.5. The summed E-state index contributed by atoms with van der Waals surface area (Å²) in [4.78, 5) is 4.86. The molecule has 0 aliphatic carbocycles. The van der Waals surface area contributed by atoms with Crippen molar-refractivity contribution < 1.29 is 0 Å². The first-order valence-corrected chi connectivity index (χ1v) is 21.3. The molecule has 0 heterocycles. The van der Waals surface area contributed by atoms with E-state index >= 15 is 0 Å². The first kappa shape index (κ1) is 35.7. The molecule has 0 radical (unpaired) electrons. The topological polar surface area (TPSA) is 6.48 Å². The molecule has 0 saturated heterocycles. The van der Waals surface area contributed by atoms with E-state index in [1.807, 2.05) is 0 Å². The van der Waals surface area contributed by atoms with Crippen molar-refractivity contribution in [1.82, 2.24) is 0 Å². The standard InChI is InChI=1S/C60H40N2/c1-5-21-47(22-6-1)61(48-23-7-2-8-24-48)57-39-55(45-31-29-41-17-13-15-19-43(41)37-45)51-34-36-54-58(62(49-25-9-3-10-26-49)50-27-11-4-12-28-50)40-56(52-33-35-53(57)59(51)60(52)54)46-32-30-42-18-14-16-20-44(42)38-46/h1-40H. The van der Waals surface area contributed by atoms with Crippen molar-refractivity contribution >= 4 is 88.0 Å². The van der Waals surface area contributed by atoms with Crippen LogP contribution in [0.4, 0.5) is 34.1 Å². The van der Waals surface area contributed by atoms with Crippen molar-refractivity contribution in [2.45, 2.75) is 0 Å². The summed E-state index contributed by atoms with van der Waals surface area (Å²) in [5, 5.41) is 12.3. The Balaban J connectivity index is 1.26. The predicted octanol–water partition coefficient (Wildman–Crippen LogP) is 17.2. The maximum Gasteiger partial charge on any atom is 0.0546 e. The third-order valence-corrected chi connectivity index (χ3v) is 12.5. The average Bonchev–Trinajstić information content (AvgIpc) is 3.35. The van der Waals surface area contributed by atoms with Gasteiger partial charge in [0.15, 0.2) is 0 Å². The molecular formula is C60H40N2. The van der Waals surface area contributed by atoms with Crippen molar-refractivity contribution in [2.75, 3.05) is 9.80 Å². The molecule has 290 valence electrons. The first-order chi connectivity index (χ1) is 30.8. The Morgan fingerprint density at radius 3 is 0.887 bits per heavy atom. The van der Waals surface area contributed by atoms with Crippen molar-refractivity contribution in [3.05, 3.63) is 243 Å². The molecule has 0 amide bonds. The van der Waals surface area contributed by atoms with E-state index in [1.165, 1.54) is 76.1 Å². The first-order valence-electron chi connectivity index (χ1n) is 21.3. The summed E-state index contributed by atoms with van der Waals surface area (Å²) in [6, 6.07) is 88.7. The van der Waals surface area contributed by atoms with Gasteiger partial charge in [0.2, 0.25) is 0 Å². The van der Waals surface area contributed by atoms with Gasteiger partial charge in [-0.2, -0.15) is 0 Å². The van der Waals surface area contributed by atoms with Gasteiger partial charge in [0.05, 0.1) is 11.4 Å². The highest BCUT2D eigenvalue weighted by atomic mass is 15.1. The quantitative estimate of drug-likeness (QED) is 0.142. The van der Waals surface area contributed by atoms with Crippen LogP contribution in [0.3, 0.4) is 0 Å². The highest BCUT2D eigenvalue weighted by Gasteiger charge is 2.25. The molecule has 0 aromatic heterocycles. The fourth-order valence-electron chi connectivity index (χ4n) is 9.68. The van der Waals surface area contributed by atoms with Gasteiger partial charge >= 0.3 is 0 Å². The SMILES string of the molecule is c1ccc(N(c2ccccc2)c2cc(-c3ccc4ccccc4c3)c3ccc4c(N(c5ccccc5)c5ccccc5)cc(-c5ccc6ccccc6c5)c5ccc2c3c54)cc1. The van der Waals surface area contributed by atoms with E-state index in [1.54, 1.807) is 0 Å². The minimum absolute atomic E-state index is 1.11. The fraction of sp³-hybridized carbons (Fsp3) is 0. The highest BCUT2D eigenvalue weighted by molar-refractivity contribution is 6.32. The lowest BCUT2D eigenvalue weighted by Crippen LogP contribution is -2.12. The summed E-state index contributed by atoms with van der Waals surface area (Å²) in [6.45, 7) is 0. The van der Waals surface area contributed by atoms with E-state index in [0.717, 1.165) is 34.1 Å². The zero-order valence-electron chi connectivity index (χ0n) is 34.0. The molecule has 0 spiro atoms. The smallest absolute Gasteiger partial charge is 0.0546 e. The largest absolute Gasteiger partial charge is 0.310 e. The number of benzene rings is 12. The Labute approximate surface area is 361 Å². The zero-order chi connectivity index (χ0) is 41.0. The predicted molar refractivity (Wildman–Crippen MR) is 265 cm³/mol. The monoisotopic (exact) mass is 788 g/mol. The number of fused-ring (bicyclic) bond motifs is 2. The average molecular weight is 789 g/mol. The molecule has 12 aromatic rings. The lowest BCUT2D eigenvalue weighted by Gasteiger charge is -2.31. The van der Waals surface area contributed by atoms with Gasteiger partial charge in [-0.05, 0) is 127 Å². The van der Waals surface area contributed by atoms with Gasteiger partial charge in [-0.1, -0.05) is 170 Å². The van der Waals surface area contributed by atoms with Crippen molar-refractivity contribution in [3.63, 3.8) is 0 Å². The summed E-state index contributed by atoms with van der Waals surface area (Å²) in [5.41, 5.74) is 11.5. The van der Waals surface area contributed by atoms with Crippen LogP contribution in [-0.4, -0.2) is 0 Å². The molecule has 0 saturated carbocycles. The van der Waals surface area contributed by atoms with Gasteiger partial charge < -0.3 is 9.80 Å². The molecule has 0 unspecified atom stereocenters. The molecular weight excluding hydrogens is 749 g/mol. The number of para-hydroxylation sites is 4. The van der Waals surface area contributed by atoms with Crippen LogP contribution in [0.25, 0.3) is 76.1 Å². The molecule has 62 heavy (non-hydrogen) atoms. The van der Waals surface area contributed by atoms with Crippen LogP contribution in [0.2, 0.25) is 0 Å². The molecule has 0 atom stereocenters. The minimum atomic E-state index is 1.11. The summed E-state index contributed by atoms with van der Waals surface area (Å²) in [7, 11) is 0. The molecule has 0 aliphatic heterocycles. The number of rotatable bonds is 8. The molecule has 0 bridgehead atoms. The van der Waals surface area contributed by atoms with Crippen LogP contribution in [0.15, 0.2) is 243 Å². The molecule has 0 N–H and O–H groups in total. The van der Waals surface area contributed by atoms with Crippen LogP contribution in [0.1, 0.15) is 0 Å². The molecule has 12 rings (SSSR count). The second-order valence-corrected chi connectivity index (χ2v) is 16.1. The van der Waals surface area contributed by atoms with Crippen LogP contribution in [0, 0.1) is 0 Å². The van der Waals surface area contributed by atoms with Gasteiger partial charge in [0.1, 0.15) is 0 Å². The Morgan fingerprint density at radius 2 is 0.532 bits per heavy atom. The van der Waals surface area contributed by atoms with Crippen molar-refractivity contribution in [3.8, 4) is 22.3 Å². The zero-order valence-corrected chi connectivity index (χ0v) is 34.0. The van der Waals surface area contributed by atoms with Crippen LogP contribution < -0.4 is 9.80 Å². The second kappa shape index (κ2) is 14.8. The van der Waals surface area contributed by atoms with E-state index in [4.69, 9.17) is 0 Å². The van der Waals surface area contributed by atoms with Gasteiger partial charge in [0, 0.05) is 44.3 Å². The Kier molecular flexibility index (Phi) is 8.53. The molecule has 2 nitrogen and oxygen atoms in total. The van der Waals surface area contributed by atoms with E-state index in [2.05, 4.69) is 252 Å². The van der Waals surface area contributed by atoms with Gasteiger partial charge in [0.25, 0.3) is 0 Å². The van der Waals surface area contributed by atoms with E-state index in [9.17, 15) is 0 Å². The van der Waals surface area contributed by atoms with Crippen molar-refractivity contribution in [2.24, 2.45) is 0 Å². The molecule has 0 aliphatic rings. The van der Waals surface area contributed by atoms with Crippen molar-refractivity contribution in [1.29, 1.82) is 0 Å².